The van der Waals surface area contributed by atoms with Crippen LogP contribution in [0, 0.1) is 0 Å². The summed E-state index contributed by atoms with van der Waals surface area (Å²) in [6.07, 6.45) is 1.77. The average molecular weight is 425 g/mol. The lowest BCUT2D eigenvalue weighted by Crippen LogP contribution is -2.34. The normalized spacial score (nSPS) is 16.8. The summed E-state index contributed by atoms with van der Waals surface area (Å²) in [5, 5.41) is 4.90. The number of likely N-dealkylation sites (N-methyl/N-ethyl adjacent to an activating group) is 1. The fraction of sp³-hybridized carbons (Fsp3) is 0.261. The van der Waals surface area contributed by atoms with E-state index in [4.69, 9.17) is 4.74 Å². The number of hydrogen-bond donors (Lipinski definition) is 1. The molecule has 30 heavy (non-hydrogen) atoms. The number of anilines is 1. The maximum Gasteiger partial charge on any atom is 0.255 e. The standard InChI is InChI=1S/C23H24N2O4S/c1-25(16-19-8-5-15-29-19)30(27,28)20-13-11-18(12-14-20)23(26)24-22-10-4-7-17-6-2-3-9-21(17)22/h2-4,6-7,9-14,19H,5,8,15-16H2,1H3,(H,24,26)/t19-/m0/s1. The fourth-order valence-corrected chi connectivity index (χ4v) is 4.86. The minimum absolute atomic E-state index is 0.0597. The highest BCUT2D eigenvalue weighted by Gasteiger charge is 2.26. The fourth-order valence-electron chi connectivity index (χ4n) is 3.66. The van der Waals surface area contributed by atoms with Crippen LogP contribution in [0.25, 0.3) is 10.8 Å². The maximum absolute atomic E-state index is 12.8. The summed E-state index contributed by atoms with van der Waals surface area (Å²) in [6.45, 7) is 1.00. The van der Waals surface area contributed by atoms with Crippen LogP contribution in [0.4, 0.5) is 5.69 Å². The Bertz CT molecular complexity index is 1150. The van der Waals surface area contributed by atoms with Crippen molar-refractivity contribution in [1.82, 2.24) is 4.31 Å². The third-order valence-electron chi connectivity index (χ3n) is 5.35. The van der Waals surface area contributed by atoms with Gasteiger partial charge in [0.05, 0.1) is 11.0 Å². The van der Waals surface area contributed by atoms with Gasteiger partial charge in [0.15, 0.2) is 0 Å². The van der Waals surface area contributed by atoms with Gasteiger partial charge in [-0.15, -0.1) is 0 Å². The quantitative estimate of drug-likeness (QED) is 0.651. The number of amides is 1. The number of carbonyl (C=O) groups is 1. The highest BCUT2D eigenvalue weighted by molar-refractivity contribution is 7.89. The number of ether oxygens (including phenoxy) is 1. The molecule has 1 aliphatic rings. The van der Waals surface area contributed by atoms with E-state index >= 15 is 0 Å². The highest BCUT2D eigenvalue weighted by Crippen LogP contribution is 2.24. The Kier molecular flexibility index (Phi) is 5.85. The Balaban J connectivity index is 1.49. The van der Waals surface area contributed by atoms with E-state index in [-0.39, 0.29) is 16.9 Å². The van der Waals surface area contributed by atoms with Gasteiger partial charge < -0.3 is 10.1 Å². The monoisotopic (exact) mass is 424 g/mol. The first-order valence-corrected chi connectivity index (χ1v) is 11.4. The molecule has 1 amide bonds. The Morgan fingerprint density at radius 1 is 1.07 bits per heavy atom. The molecule has 0 radical (unpaired) electrons. The van der Waals surface area contributed by atoms with Crippen molar-refractivity contribution in [3.63, 3.8) is 0 Å². The molecular formula is C23H24N2O4S. The summed E-state index contributed by atoms with van der Waals surface area (Å²) in [7, 11) is -2.08. The molecule has 1 fully saturated rings. The largest absolute Gasteiger partial charge is 0.377 e. The SMILES string of the molecule is CN(C[C@@H]1CCCO1)S(=O)(=O)c1ccc(C(=O)Nc2cccc3ccccc23)cc1. The van der Waals surface area contributed by atoms with Crippen molar-refractivity contribution in [1.29, 1.82) is 0 Å². The van der Waals surface area contributed by atoms with E-state index in [1.54, 1.807) is 7.05 Å². The van der Waals surface area contributed by atoms with E-state index in [2.05, 4.69) is 5.32 Å². The molecule has 0 aromatic heterocycles. The van der Waals surface area contributed by atoms with Gasteiger partial charge >= 0.3 is 0 Å². The number of sulfonamides is 1. The zero-order valence-electron chi connectivity index (χ0n) is 16.7. The van der Waals surface area contributed by atoms with Gasteiger partial charge in [-0.25, -0.2) is 8.42 Å². The zero-order chi connectivity index (χ0) is 21.1. The van der Waals surface area contributed by atoms with Crippen LogP contribution in [0.3, 0.4) is 0 Å². The summed E-state index contributed by atoms with van der Waals surface area (Å²) in [5.41, 5.74) is 1.11. The molecule has 0 saturated carbocycles. The van der Waals surface area contributed by atoms with Crippen molar-refractivity contribution in [2.24, 2.45) is 0 Å². The zero-order valence-corrected chi connectivity index (χ0v) is 17.6. The van der Waals surface area contributed by atoms with Crippen LogP contribution in [0.1, 0.15) is 23.2 Å². The molecule has 1 aliphatic heterocycles. The molecule has 0 aliphatic carbocycles. The van der Waals surface area contributed by atoms with Crippen LogP contribution in [0.2, 0.25) is 0 Å². The van der Waals surface area contributed by atoms with Crippen LogP contribution in [0.5, 0.6) is 0 Å². The molecule has 4 rings (SSSR count). The smallest absolute Gasteiger partial charge is 0.255 e. The molecule has 0 unspecified atom stereocenters. The minimum Gasteiger partial charge on any atom is -0.377 e. The molecule has 0 spiro atoms. The van der Waals surface area contributed by atoms with Crippen molar-refractivity contribution in [2.75, 3.05) is 25.5 Å². The lowest BCUT2D eigenvalue weighted by molar-refractivity contribution is 0.0979. The van der Waals surface area contributed by atoms with Crippen LogP contribution < -0.4 is 5.32 Å². The molecule has 1 atom stereocenters. The molecule has 0 bridgehead atoms. The summed E-state index contributed by atoms with van der Waals surface area (Å²) >= 11 is 0. The van der Waals surface area contributed by atoms with Gasteiger partial charge in [-0.2, -0.15) is 4.31 Å². The summed E-state index contributed by atoms with van der Waals surface area (Å²) in [4.78, 5) is 12.9. The molecule has 1 heterocycles. The Hall–Kier alpha value is -2.74. The third kappa shape index (κ3) is 4.23. The number of nitrogens with zero attached hydrogens (tertiary/aromatic N) is 1. The number of benzene rings is 3. The molecule has 3 aromatic rings. The number of fused-ring (bicyclic) bond motifs is 1. The van der Waals surface area contributed by atoms with Crippen LogP contribution in [-0.4, -0.2) is 44.9 Å². The maximum atomic E-state index is 12.8. The lowest BCUT2D eigenvalue weighted by Gasteiger charge is -2.20. The minimum atomic E-state index is -3.63. The van der Waals surface area contributed by atoms with E-state index < -0.39 is 10.0 Å². The Morgan fingerprint density at radius 3 is 2.53 bits per heavy atom. The molecule has 7 heteroatoms. The van der Waals surface area contributed by atoms with Gasteiger partial charge in [0.2, 0.25) is 10.0 Å². The Morgan fingerprint density at radius 2 is 1.80 bits per heavy atom. The second-order valence-electron chi connectivity index (χ2n) is 7.43. The van der Waals surface area contributed by atoms with Gasteiger partial charge in [-0.3, -0.25) is 4.79 Å². The van der Waals surface area contributed by atoms with Crippen LogP contribution in [0.15, 0.2) is 71.6 Å². The van der Waals surface area contributed by atoms with Crippen molar-refractivity contribution >= 4 is 32.4 Å². The number of rotatable bonds is 6. The van der Waals surface area contributed by atoms with Crippen molar-refractivity contribution in [2.45, 2.75) is 23.8 Å². The number of hydrogen-bond acceptors (Lipinski definition) is 4. The van der Waals surface area contributed by atoms with Crippen molar-refractivity contribution in [3.05, 3.63) is 72.3 Å². The molecule has 1 saturated heterocycles. The second kappa shape index (κ2) is 8.55. The third-order valence-corrected chi connectivity index (χ3v) is 7.18. The van der Waals surface area contributed by atoms with E-state index in [1.807, 2.05) is 42.5 Å². The first kappa shape index (κ1) is 20.5. The molecule has 1 N–H and O–H groups in total. The molecule has 6 nitrogen and oxygen atoms in total. The summed E-state index contributed by atoms with van der Waals surface area (Å²) in [5.74, 6) is -0.289. The highest BCUT2D eigenvalue weighted by atomic mass is 32.2. The Labute approximate surface area is 176 Å². The van der Waals surface area contributed by atoms with E-state index in [9.17, 15) is 13.2 Å². The number of nitrogens with one attached hydrogen (secondary N) is 1. The van der Waals surface area contributed by atoms with Gasteiger partial charge in [0, 0.05) is 36.8 Å². The second-order valence-corrected chi connectivity index (χ2v) is 9.47. The topological polar surface area (TPSA) is 75.7 Å². The predicted molar refractivity (Wildman–Crippen MR) is 117 cm³/mol. The molecular weight excluding hydrogens is 400 g/mol. The van der Waals surface area contributed by atoms with E-state index in [0.29, 0.717) is 24.4 Å². The predicted octanol–water partition coefficient (Wildman–Crippen LogP) is 3.89. The van der Waals surface area contributed by atoms with Crippen molar-refractivity contribution in [3.8, 4) is 0 Å². The molecule has 156 valence electrons. The summed E-state index contributed by atoms with van der Waals surface area (Å²) < 4.78 is 32.5. The summed E-state index contributed by atoms with van der Waals surface area (Å²) in [6, 6.07) is 19.5. The first-order chi connectivity index (χ1) is 14.4. The number of carbonyl (C=O) groups excluding carboxylic acids is 1. The van der Waals surface area contributed by atoms with E-state index in [1.165, 1.54) is 28.6 Å². The van der Waals surface area contributed by atoms with Gasteiger partial charge in [0.25, 0.3) is 5.91 Å². The van der Waals surface area contributed by atoms with Crippen molar-refractivity contribution < 1.29 is 17.9 Å². The molecule has 3 aromatic carbocycles. The first-order valence-electron chi connectivity index (χ1n) is 9.92. The van der Waals surface area contributed by atoms with Gasteiger partial charge in [-0.05, 0) is 48.6 Å². The van der Waals surface area contributed by atoms with E-state index in [0.717, 1.165) is 23.6 Å². The van der Waals surface area contributed by atoms with Gasteiger partial charge in [-0.1, -0.05) is 36.4 Å². The van der Waals surface area contributed by atoms with Crippen LogP contribution >= 0.6 is 0 Å². The lowest BCUT2D eigenvalue weighted by atomic mass is 10.1. The average Bonchev–Trinajstić information content (AvgIpc) is 3.27. The van der Waals surface area contributed by atoms with Crippen LogP contribution in [-0.2, 0) is 14.8 Å². The van der Waals surface area contributed by atoms with Gasteiger partial charge in [0.1, 0.15) is 0 Å².